The number of anilines is 2. The molecule has 0 radical (unpaired) electrons. The van der Waals surface area contributed by atoms with Crippen LogP contribution in [0.3, 0.4) is 0 Å². The minimum Gasteiger partial charge on any atom is -0.370 e. The smallest absolute Gasteiger partial charge is 0.257 e. The summed E-state index contributed by atoms with van der Waals surface area (Å²) in [6.07, 6.45) is 4.15. The van der Waals surface area contributed by atoms with Crippen molar-refractivity contribution in [2.45, 2.75) is 13.3 Å². The fraction of sp³-hybridized carbons (Fsp3) is 0.214. The van der Waals surface area contributed by atoms with Crippen LogP contribution in [0.2, 0.25) is 5.02 Å². The lowest BCUT2D eigenvalue weighted by Crippen LogP contribution is -2.14. The van der Waals surface area contributed by atoms with E-state index in [4.69, 9.17) is 11.6 Å². The molecule has 0 saturated carbocycles. The normalized spacial score (nSPS) is 10.1. The van der Waals surface area contributed by atoms with Crippen LogP contribution in [-0.4, -0.2) is 22.4 Å². The Bertz CT molecular complexity index is 603. The molecule has 0 aliphatic rings. The first kappa shape index (κ1) is 14.3. The molecule has 1 amide bonds. The summed E-state index contributed by atoms with van der Waals surface area (Å²) in [5.41, 5.74) is 0.500. The number of hydrogen-bond acceptors (Lipinski definition) is 4. The maximum Gasteiger partial charge on any atom is 0.257 e. The highest BCUT2D eigenvalue weighted by Crippen LogP contribution is 2.18. The molecular weight excluding hydrogens is 276 g/mol. The topological polar surface area (TPSA) is 66.9 Å². The second-order valence-electron chi connectivity index (χ2n) is 4.14. The maximum atomic E-state index is 12.1. The summed E-state index contributed by atoms with van der Waals surface area (Å²) >= 11 is 5.95. The van der Waals surface area contributed by atoms with Gasteiger partial charge in [-0.2, -0.15) is 0 Å². The summed E-state index contributed by atoms with van der Waals surface area (Å²) in [5.74, 6) is 0.748. The van der Waals surface area contributed by atoms with E-state index in [-0.39, 0.29) is 5.91 Å². The molecular formula is C14H15ClN4O. The molecule has 0 saturated heterocycles. The minimum absolute atomic E-state index is 0.271. The van der Waals surface area contributed by atoms with Gasteiger partial charge in [-0.3, -0.25) is 4.79 Å². The number of carbonyl (C=O) groups is 1. The summed E-state index contributed by atoms with van der Waals surface area (Å²) in [6, 6.07) is 6.72. The standard InChI is InChI=1S/C14H15ClN4O/c1-2-6-16-12-9-10(5-8-17-12)14(20)19-13-11(15)4-3-7-18-13/h3-5,7-9H,2,6H2,1H3,(H,16,17)(H,18,19,20). The van der Waals surface area contributed by atoms with E-state index in [0.29, 0.717) is 22.2 Å². The average Bonchev–Trinajstić information content (AvgIpc) is 2.48. The van der Waals surface area contributed by atoms with E-state index >= 15 is 0 Å². The van der Waals surface area contributed by atoms with Crippen LogP contribution in [0.4, 0.5) is 11.6 Å². The molecule has 20 heavy (non-hydrogen) atoms. The minimum atomic E-state index is -0.271. The Balaban J connectivity index is 2.11. The molecule has 2 heterocycles. The number of nitrogens with zero attached hydrogens (tertiary/aromatic N) is 2. The lowest BCUT2D eigenvalue weighted by molar-refractivity contribution is 0.102. The second-order valence-corrected chi connectivity index (χ2v) is 4.55. The molecule has 0 bridgehead atoms. The Morgan fingerprint density at radius 1 is 1.30 bits per heavy atom. The van der Waals surface area contributed by atoms with Crippen molar-refractivity contribution < 1.29 is 4.79 Å². The molecule has 6 heteroatoms. The molecule has 104 valence electrons. The fourth-order valence-electron chi connectivity index (χ4n) is 1.58. The Kier molecular flexibility index (Phi) is 4.90. The van der Waals surface area contributed by atoms with Crippen LogP contribution < -0.4 is 10.6 Å². The van der Waals surface area contributed by atoms with E-state index in [9.17, 15) is 4.79 Å². The fourth-order valence-corrected chi connectivity index (χ4v) is 1.75. The van der Waals surface area contributed by atoms with Gasteiger partial charge in [-0.1, -0.05) is 18.5 Å². The second kappa shape index (κ2) is 6.86. The van der Waals surface area contributed by atoms with Crippen LogP contribution >= 0.6 is 11.6 Å². The van der Waals surface area contributed by atoms with E-state index in [2.05, 4.69) is 27.5 Å². The number of halogens is 1. The molecule has 0 fully saturated rings. The molecule has 2 aromatic rings. The van der Waals surface area contributed by atoms with E-state index in [1.165, 1.54) is 0 Å². The zero-order chi connectivity index (χ0) is 14.4. The number of amides is 1. The highest BCUT2D eigenvalue weighted by Gasteiger charge is 2.10. The molecule has 0 spiro atoms. The van der Waals surface area contributed by atoms with Crippen molar-refractivity contribution in [2.24, 2.45) is 0 Å². The van der Waals surface area contributed by atoms with Gasteiger partial charge in [-0.05, 0) is 30.7 Å². The summed E-state index contributed by atoms with van der Waals surface area (Å²) in [6.45, 7) is 2.87. The number of pyridine rings is 2. The van der Waals surface area contributed by atoms with Crippen molar-refractivity contribution in [1.29, 1.82) is 0 Å². The molecule has 2 rings (SSSR count). The molecule has 5 nitrogen and oxygen atoms in total. The first-order chi connectivity index (χ1) is 9.70. The van der Waals surface area contributed by atoms with Crippen LogP contribution in [0.25, 0.3) is 0 Å². The van der Waals surface area contributed by atoms with E-state index < -0.39 is 0 Å². The zero-order valence-corrected chi connectivity index (χ0v) is 11.8. The van der Waals surface area contributed by atoms with Crippen molar-refractivity contribution in [3.05, 3.63) is 47.2 Å². The number of nitrogens with one attached hydrogen (secondary N) is 2. The van der Waals surface area contributed by atoms with Crippen LogP contribution in [-0.2, 0) is 0 Å². The Hall–Kier alpha value is -2.14. The van der Waals surface area contributed by atoms with Gasteiger partial charge in [0.1, 0.15) is 5.82 Å². The number of carbonyl (C=O) groups excluding carboxylic acids is 1. The number of aromatic nitrogens is 2. The van der Waals surface area contributed by atoms with E-state index in [1.807, 2.05) is 0 Å². The monoisotopic (exact) mass is 290 g/mol. The van der Waals surface area contributed by atoms with Gasteiger partial charge in [0.15, 0.2) is 5.82 Å². The Morgan fingerprint density at radius 2 is 2.15 bits per heavy atom. The lowest BCUT2D eigenvalue weighted by atomic mass is 10.2. The molecule has 2 aromatic heterocycles. The van der Waals surface area contributed by atoms with Crippen molar-refractivity contribution in [3.63, 3.8) is 0 Å². The maximum absolute atomic E-state index is 12.1. The molecule has 0 aliphatic heterocycles. The lowest BCUT2D eigenvalue weighted by Gasteiger charge is -2.08. The van der Waals surface area contributed by atoms with Gasteiger partial charge in [0.05, 0.1) is 5.02 Å². The third-order valence-corrected chi connectivity index (χ3v) is 2.87. The highest BCUT2D eigenvalue weighted by atomic mass is 35.5. The summed E-state index contributed by atoms with van der Waals surface area (Å²) in [5, 5.41) is 6.21. The summed E-state index contributed by atoms with van der Waals surface area (Å²) in [4.78, 5) is 20.3. The predicted molar refractivity (Wildman–Crippen MR) is 80.2 cm³/mol. The molecule has 2 N–H and O–H groups in total. The van der Waals surface area contributed by atoms with Crippen molar-refractivity contribution in [1.82, 2.24) is 9.97 Å². The van der Waals surface area contributed by atoms with Crippen molar-refractivity contribution in [3.8, 4) is 0 Å². The van der Waals surface area contributed by atoms with Gasteiger partial charge in [-0.15, -0.1) is 0 Å². The SMILES string of the molecule is CCCNc1cc(C(=O)Nc2ncccc2Cl)ccn1. The van der Waals surface area contributed by atoms with Gasteiger partial charge in [0.2, 0.25) is 0 Å². The largest absolute Gasteiger partial charge is 0.370 e. The number of rotatable bonds is 5. The van der Waals surface area contributed by atoms with Crippen LogP contribution in [0.1, 0.15) is 23.7 Å². The Morgan fingerprint density at radius 3 is 2.90 bits per heavy atom. The highest BCUT2D eigenvalue weighted by molar-refractivity contribution is 6.33. The molecule has 0 atom stereocenters. The van der Waals surface area contributed by atoms with Gasteiger partial charge >= 0.3 is 0 Å². The summed E-state index contributed by atoms with van der Waals surface area (Å²) in [7, 11) is 0. The van der Waals surface area contributed by atoms with Crippen molar-refractivity contribution >= 4 is 29.1 Å². The third-order valence-electron chi connectivity index (χ3n) is 2.57. The van der Waals surface area contributed by atoms with Gasteiger partial charge in [0.25, 0.3) is 5.91 Å². The zero-order valence-electron chi connectivity index (χ0n) is 11.1. The van der Waals surface area contributed by atoms with Gasteiger partial charge < -0.3 is 10.6 Å². The van der Waals surface area contributed by atoms with Gasteiger partial charge in [-0.25, -0.2) is 9.97 Å². The van der Waals surface area contributed by atoms with E-state index in [0.717, 1.165) is 13.0 Å². The van der Waals surface area contributed by atoms with Crippen LogP contribution in [0, 0.1) is 0 Å². The van der Waals surface area contributed by atoms with E-state index in [1.54, 1.807) is 36.7 Å². The third kappa shape index (κ3) is 3.68. The molecule has 0 unspecified atom stereocenters. The van der Waals surface area contributed by atoms with Crippen LogP contribution in [0.15, 0.2) is 36.7 Å². The van der Waals surface area contributed by atoms with Crippen molar-refractivity contribution in [2.75, 3.05) is 17.2 Å². The molecule has 0 aromatic carbocycles. The quantitative estimate of drug-likeness (QED) is 0.887. The summed E-state index contributed by atoms with van der Waals surface area (Å²) < 4.78 is 0. The molecule has 0 aliphatic carbocycles. The predicted octanol–water partition coefficient (Wildman–Crippen LogP) is 3.20. The van der Waals surface area contributed by atoms with Crippen LogP contribution in [0.5, 0.6) is 0 Å². The Labute approximate surface area is 122 Å². The number of hydrogen-bond donors (Lipinski definition) is 2. The first-order valence-electron chi connectivity index (χ1n) is 6.32. The average molecular weight is 291 g/mol. The first-order valence-corrected chi connectivity index (χ1v) is 6.70. The van der Waals surface area contributed by atoms with Gasteiger partial charge in [0, 0.05) is 24.5 Å².